The van der Waals surface area contributed by atoms with E-state index in [-0.39, 0.29) is 17.3 Å². The molecule has 1 saturated heterocycles. The molecule has 2 aromatic heterocycles. The summed E-state index contributed by atoms with van der Waals surface area (Å²) in [5.41, 5.74) is 1.68. The highest BCUT2D eigenvalue weighted by Crippen LogP contribution is 2.21. The first-order valence-corrected chi connectivity index (χ1v) is 10.3. The van der Waals surface area contributed by atoms with Crippen molar-refractivity contribution < 1.29 is 9.18 Å². The van der Waals surface area contributed by atoms with Gasteiger partial charge in [-0.3, -0.25) is 14.0 Å². The number of para-hydroxylation sites is 1. The summed E-state index contributed by atoms with van der Waals surface area (Å²) in [6, 6.07) is 14.9. The molecular weight excluding hydrogens is 419 g/mol. The van der Waals surface area contributed by atoms with Crippen molar-refractivity contribution in [2.45, 2.75) is 0 Å². The molecule has 0 radical (unpaired) electrons. The maximum atomic E-state index is 14.0. The van der Waals surface area contributed by atoms with E-state index in [1.807, 2.05) is 4.90 Å². The van der Waals surface area contributed by atoms with Crippen molar-refractivity contribution in [3.63, 3.8) is 0 Å². The molecular formula is C23H18ClFN4O2. The topological polar surface area (TPSA) is 57.9 Å². The highest BCUT2D eigenvalue weighted by molar-refractivity contribution is 6.31. The van der Waals surface area contributed by atoms with Gasteiger partial charge >= 0.3 is 0 Å². The fourth-order valence-electron chi connectivity index (χ4n) is 3.94. The Balaban J connectivity index is 1.41. The second-order valence-electron chi connectivity index (χ2n) is 7.46. The number of nitrogens with zero attached hydrogens (tertiary/aromatic N) is 4. The number of piperazine rings is 1. The predicted octanol–water partition coefficient (Wildman–Crippen LogP) is 3.60. The number of carbonyl (C=O) groups excluding carboxylic acids is 1. The first-order valence-electron chi connectivity index (χ1n) is 9.92. The number of anilines is 1. The summed E-state index contributed by atoms with van der Waals surface area (Å²) in [6.07, 6.45) is 1.52. The summed E-state index contributed by atoms with van der Waals surface area (Å²) < 4.78 is 15.4. The van der Waals surface area contributed by atoms with Crippen molar-refractivity contribution in [1.29, 1.82) is 0 Å². The number of halogens is 2. The predicted molar refractivity (Wildman–Crippen MR) is 118 cm³/mol. The molecule has 8 heteroatoms. The van der Waals surface area contributed by atoms with E-state index in [0.717, 1.165) is 0 Å². The summed E-state index contributed by atoms with van der Waals surface area (Å²) in [5, 5.41) is 0.847. The number of fused-ring (bicyclic) bond motifs is 2. The van der Waals surface area contributed by atoms with Crippen LogP contribution in [0.25, 0.3) is 16.6 Å². The van der Waals surface area contributed by atoms with Crippen LogP contribution in [0.3, 0.4) is 0 Å². The number of carbonyl (C=O) groups is 1. The number of aromatic nitrogens is 2. The summed E-state index contributed by atoms with van der Waals surface area (Å²) in [4.78, 5) is 34.1. The number of pyridine rings is 1. The van der Waals surface area contributed by atoms with Crippen LogP contribution in [0, 0.1) is 5.82 Å². The minimum absolute atomic E-state index is 0.173. The highest BCUT2D eigenvalue weighted by atomic mass is 35.5. The van der Waals surface area contributed by atoms with Gasteiger partial charge in [-0.1, -0.05) is 23.7 Å². The molecule has 3 heterocycles. The van der Waals surface area contributed by atoms with Gasteiger partial charge < -0.3 is 9.80 Å². The summed E-state index contributed by atoms with van der Waals surface area (Å²) in [6.45, 7) is 1.99. The van der Waals surface area contributed by atoms with Crippen molar-refractivity contribution in [1.82, 2.24) is 14.3 Å². The lowest BCUT2D eigenvalue weighted by Gasteiger charge is -2.36. The minimum Gasteiger partial charge on any atom is -0.366 e. The lowest BCUT2D eigenvalue weighted by Crippen LogP contribution is -2.49. The monoisotopic (exact) mass is 436 g/mol. The Kier molecular flexibility index (Phi) is 4.82. The molecule has 1 amide bonds. The SMILES string of the molecule is O=C(c1ccc2nc3ccc(Cl)cc3c(=O)n2c1)N1CCN(c2ccccc2F)CC1. The van der Waals surface area contributed by atoms with Gasteiger partial charge in [-0.05, 0) is 42.5 Å². The van der Waals surface area contributed by atoms with Crippen LogP contribution in [0.1, 0.15) is 10.4 Å². The lowest BCUT2D eigenvalue weighted by molar-refractivity contribution is 0.0746. The first kappa shape index (κ1) is 19.5. The molecule has 4 aromatic rings. The molecule has 31 heavy (non-hydrogen) atoms. The van der Waals surface area contributed by atoms with Crippen LogP contribution < -0.4 is 10.5 Å². The van der Waals surface area contributed by atoms with E-state index < -0.39 is 0 Å². The number of rotatable bonds is 2. The average molecular weight is 437 g/mol. The quantitative estimate of drug-likeness (QED) is 0.450. The molecule has 0 saturated carbocycles. The third-order valence-electron chi connectivity index (χ3n) is 5.58. The Morgan fingerprint density at radius 2 is 1.77 bits per heavy atom. The van der Waals surface area contributed by atoms with Crippen LogP contribution in [0.4, 0.5) is 10.1 Å². The molecule has 0 aliphatic carbocycles. The largest absolute Gasteiger partial charge is 0.366 e. The molecule has 1 aliphatic rings. The Hall–Kier alpha value is -3.45. The molecule has 0 spiro atoms. The van der Waals surface area contributed by atoms with Crippen LogP contribution in [-0.2, 0) is 0 Å². The Bertz CT molecular complexity index is 1380. The van der Waals surface area contributed by atoms with Gasteiger partial charge in [0.25, 0.3) is 11.5 Å². The van der Waals surface area contributed by atoms with Crippen molar-refractivity contribution in [2.24, 2.45) is 0 Å². The zero-order valence-corrected chi connectivity index (χ0v) is 17.2. The third-order valence-corrected chi connectivity index (χ3v) is 5.81. The van der Waals surface area contributed by atoms with E-state index in [4.69, 9.17) is 11.6 Å². The molecule has 1 aliphatic heterocycles. The zero-order chi connectivity index (χ0) is 21.5. The molecule has 156 valence electrons. The number of hydrogen-bond acceptors (Lipinski definition) is 4. The standard InChI is InChI=1S/C23H18ClFN4O2/c24-16-6-7-19-17(13-16)23(31)29-14-15(5-8-21(29)26-19)22(30)28-11-9-27(10-12-28)20-4-2-1-3-18(20)25/h1-8,13-14H,9-12H2. The Labute approximate surface area is 182 Å². The van der Waals surface area contributed by atoms with E-state index in [9.17, 15) is 14.0 Å². The normalized spacial score (nSPS) is 14.4. The van der Waals surface area contributed by atoms with E-state index in [1.54, 1.807) is 53.4 Å². The van der Waals surface area contributed by atoms with Crippen molar-refractivity contribution in [3.8, 4) is 0 Å². The van der Waals surface area contributed by atoms with Gasteiger partial charge in [0.1, 0.15) is 11.5 Å². The molecule has 1 fully saturated rings. The average Bonchev–Trinajstić information content (AvgIpc) is 2.80. The molecule has 0 unspecified atom stereocenters. The Morgan fingerprint density at radius 3 is 2.55 bits per heavy atom. The van der Waals surface area contributed by atoms with E-state index in [1.165, 1.54) is 16.7 Å². The maximum Gasteiger partial charge on any atom is 0.265 e. The smallest absolute Gasteiger partial charge is 0.265 e. The zero-order valence-electron chi connectivity index (χ0n) is 16.5. The van der Waals surface area contributed by atoms with E-state index >= 15 is 0 Å². The maximum absolute atomic E-state index is 14.0. The highest BCUT2D eigenvalue weighted by Gasteiger charge is 2.24. The minimum atomic E-state index is -0.276. The van der Waals surface area contributed by atoms with Crippen LogP contribution in [-0.4, -0.2) is 46.4 Å². The van der Waals surface area contributed by atoms with Crippen molar-refractivity contribution >= 4 is 39.7 Å². The molecule has 2 aromatic carbocycles. The second-order valence-corrected chi connectivity index (χ2v) is 7.89. The van der Waals surface area contributed by atoms with Gasteiger partial charge in [0.05, 0.1) is 22.2 Å². The summed E-state index contributed by atoms with van der Waals surface area (Å²) >= 11 is 6.03. The van der Waals surface area contributed by atoms with Gasteiger partial charge in [-0.25, -0.2) is 9.37 Å². The van der Waals surface area contributed by atoms with Gasteiger partial charge in [0.15, 0.2) is 0 Å². The number of hydrogen-bond donors (Lipinski definition) is 0. The van der Waals surface area contributed by atoms with Crippen LogP contribution in [0.2, 0.25) is 5.02 Å². The van der Waals surface area contributed by atoms with Crippen LogP contribution in [0.15, 0.2) is 65.6 Å². The molecule has 0 atom stereocenters. The van der Waals surface area contributed by atoms with Gasteiger partial charge in [0, 0.05) is 37.4 Å². The summed E-state index contributed by atoms with van der Waals surface area (Å²) in [5.74, 6) is -0.441. The van der Waals surface area contributed by atoms with Crippen molar-refractivity contribution in [3.05, 3.63) is 87.6 Å². The van der Waals surface area contributed by atoms with Crippen LogP contribution in [0.5, 0.6) is 0 Å². The van der Waals surface area contributed by atoms with Gasteiger partial charge in [-0.2, -0.15) is 0 Å². The van der Waals surface area contributed by atoms with E-state index in [0.29, 0.717) is 59.0 Å². The molecule has 0 bridgehead atoms. The van der Waals surface area contributed by atoms with E-state index in [2.05, 4.69) is 4.98 Å². The number of benzene rings is 2. The molecule has 6 nitrogen and oxygen atoms in total. The molecule has 0 N–H and O–H groups in total. The third kappa shape index (κ3) is 3.51. The number of amides is 1. The molecule has 5 rings (SSSR count). The first-order chi connectivity index (χ1) is 15.0. The van der Waals surface area contributed by atoms with Gasteiger partial charge in [-0.15, -0.1) is 0 Å². The fourth-order valence-corrected chi connectivity index (χ4v) is 4.12. The van der Waals surface area contributed by atoms with Gasteiger partial charge in [0.2, 0.25) is 0 Å². The fraction of sp³-hybridized carbons (Fsp3) is 0.174. The van der Waals surface area contributed by atoms with Crippen LogP contribution >= 0.6 is 11.6 Å². The summed E-state index contributed by atoms with van der Waals surface area (Å²) in [7, 11) is 0. The lowest BCUT2D eigenvalue weighted by atomic mass is 10.2. The van der Waals surface area contributed by atoms with Crippen molar-refractivity contribution in [2.75, 3.05) is 31.1 Å². The Morgan fingerprint density at radius 1 is 1.00 bits per heavy atom. The second kappa shape index (κ2) is 7.67.